The summed E-state index contributed by atoms with van der Waals surface area (Å²) in [6.45, 7) is 0.362. The molecule has 1 rings (SSSR count). The van der Waals surface area contributed by atoms with Crippen molar-refractivity contribution >= 4 is 16.5 Å². The number of halogens is 3. The van der Waals surface area contributed by atoms with E-state index in [0.29, 0.717) is 24.3 Å². The van der Waals surface area contributed by atoms with E-state index in [0.717, 1.165) is 0 Å². The highest BCUT2D eigenvalue weighted by molar-refractivity contribution is 7.15. The number of nitrogens with zero attached hydrogens (tertiary/aromatic N) is 2. The number of aliphatic hydroxyl groups is 1. The molecule has 80 valence electrons. The van der Waals surface area contributed by atoms with Crippen molar-refractivity contribution < 1.29 is 18.3 Å². The Hall–Kier alpha value is -0.890. The molecule has 0 aromatic carbocycles. The molecule has 8 heteroatoms. The van der Waals surface area contributed by atoms with Gasteiger partial charge in [-0.25, -0.2) is 0 Å². The second-order valence-electron chi connectivity index (χ2n) is 2.41. The number of hydrogen-bond acceptors (Lipinski definition) is 5. The Morgan fingerprint density at radius 1 is 1.36 bits per heavy atom. The average molecular weight is 227 g/mol. The number of hydrogen-bond donors (Lipinski definition) is 2. The van der Waals surface area contributed by atoms with E-state index in [1.165, 1.54) is 0 Å². The van der Waals surface area contributed by atoms with E-state index in [1.54, 1.807) is 0 Å². The Morgan fingerprint density at radius 3 is 2.57 bits per heavy atom. The first-order chi connectivity index (χ1) is 6.54. The second kappa shape index (κ2) is 4.56. The third-order valence-electron chi connectivity index (χ3n) is 1.28. The summed E-state index contributed by atoms with van der Waals surface area (Å²) >= 11 is 0.450. The largest absolute Gasteiger partial charge is 0.445 e. The zero-order chi connectivity index (χ0) is 10.6. The summed E-state index contributed by atoms with van der Waals surface area (Å²) in [5.74, 6) is 0. The van der Waals surface area contributed by atoms with Crippen LogP contribution in [0.4, 0.5) is 18.3 Å². The lowest BCUT2D eigenvalue weighted by Gasteiger charge is -1.99. The molecular formula is C6H8F3N3OS. The second-order valence-corrected chi connectivity index (χ2v) is 3.39. The molecule has 4 nitrogen and oxygen atoms in total. The zero-order valence-corrected chi connectivity index (χ0v) is 7.82. The van der Waals surface area contributed by atoms with Crippen molar-refractivity contribution in [2.45, 2.75) is 12.6 Å². The lowest BCUT2D eigenvalue weighted by molar-refractivity contribution is -0.138. The zero-order valence-electron chi connectivity index (χ0n) is 7.01. The first-order valence-corrected chi connectivity index (χ1v) is 4.61. The maximum absolute atomic E-state index is 12.0. The van der Waals surface area contributed by atoms with Crippen LogP contribution in [0, 0.1) is 0 Å². The van der Waals surface area contributed by atoms with Crippen molar-refractivity contribution in [1.82, 2.24) is 10.2 Å². The molecule has 0 bridgehead atoms. The van der Waals surface area contributed by atoms with Gasteiger partial charge in [0.05, 0.1) is 0 Å². The summed E-state index contributed by atoms with van der Waals surface area (Å²) < 4.78 is 36.1. The predicted molar refractivity (Wildman–Crippen MR) is 45.1 cm³/mol. The van der Waals surface area contributed by atoms with E-state index in [9.17, 15) is 13.2 Å². The van der Waals surface area contributed by atoms with Crippen LogP contribution >= 0.6 is 11.3 Å². The number of anilines is 1. The van der Waals surface area contributed by atoms with E-state index in [2.05, 4.69) is 15.5 Å². The van der Waals surface area contributed by atoms with Gasteiger partial charge in [0.15, 0.2) is 0 Å². The van der Waals surface area contributed by atoms with Crippen LogP contribution in [-0.2, 0) is 6.18 Å². The predicted octanol–water partition coefficient (Wildman–Crippen LogP) is 1.35. The van der Waals surface area contributed by atoms with Crippen LogP contribution in [0.5, 0.6) is 0 Å². The monoisotopic (exact) mass is 227 g/mol. The van der Waals surface area contributed by atoms with Crippen molar-refractivity contribution in [3.8, 4) is 0 Å². The third-order valence-corrected chi connectivity index (χ3v) is 2.20. The average Bonchev–Trinajstić information content (AvgIpc) is 2.52. The summed E-state index contributed by atoms with van der Waals surface area (Å²) in [4.78, 5) is 0. The molecule has 0 aliphatic rings. The topological polar surface area (TPSA) is 58.0 Å². The molecule has 0 amide bonds. The van der Waals surface area contributed by atoms with Gasteiger partial charge in [0.2, 0.25) is 10.1 Å². The highest BCUT2D eigenvalue weighted by Crippen LogP contribution is 2.32. The van der Waals surface area contributed by atoms with Gasteiger partial charge in [-0.15, -0.1) is 10.2 Å². The van der Waals surface area contributed by atoms with Gasteiger partial charge in [0.1, 0.15) is 0 Å². The fraction of sp³-hybridized carbons (Fsp3) is 0.667. The number of rotatable bonds is 4. The Bertz CT molecular complexity index is 288. The molecule has 0 aliphatic heterocycles. The van der Waals surface area contributed by atoms with Crippen molar-refractivity contribution in [2.75, 3.05) is 18.5 Å². The van der Waals surface area contributed by atoms with E-state index in [-0.39, 0.29) is 11.7 Å². The van der Waals surface area contributed by atoms with Crippen LogP contribution in [0.15, 0.2) is 0 Å². The number of alkyl halides is 3. The molecule has 2 N–H and O–H groups in total. The summed E-state index contributed by atoms with van der Waals surface area (Å²) in [5, 5.41) is 16.5. The van der Waals surface area contributed by atoms with Crippen LogP contribution in [-0.4, -0.2) is 28.5 Å². The molecule has 0 unspecified atom stereocenters. The van der Waals surface area contributed by atoms with Crippen molar-refractivity contribution in [3.63, 3.8) is 0 Å². The minimum Gasteiger partial charge on any atom is -0.396 e. The summed E-state index contributed by atoms with van der Waals surface area (Å²) in [7, 11) is 0. The third kappa shape index (κ3) is 3.11. The van der Waals surface area contributed by atoms with Crippen molar-refractivity contribution in [2.24, 2.45) is 0 Å². The molecule has 1 heterocycles. The molecule has 1 aromatic heterocycles. The van der Waals surface area contributed by atoms with E-state index < -0.39 is 11.2 Å². The summed E-state index contributed by atoms with van der Waals surface area (Å²) in [5.41, 5.74) is 0. The lowest BCUT2D eigenvalue weighted by Crippen LogP contribution is -2.03. The fourth-order valence-electron chi connectivity index (χ4n) is 0.684. The standard InChI is InChI=1S/C6H8F3N3OS/c7-6(8,9)4-11-12-5(14-4)10-2-1-3-13/h13H,1-3H2,(H,10,12). The van der Waals surface area contributed by atoms with Crippen LogP contribution in [0.2, 0.25) is 0 Å². The van der Waals surface area contributed by atoms with Crippen LogP contribution in [0.3, 0.4) is 0 Å². The van der Waals surface area contributed by atoms with Crippen LogP contribution in [0.1, 0.15) is 11.4 Å². The fourth-order valence-corrected chi connectivity index (χ4v) is 1.32. The molecule has 14 heavy (non-hydrogen) atoms. The van der Waals surface area contributed by atoms with Gasteiger partial charge in [-0.3, -0.25) is 0 Å². The van der Waals surface area contributed by atoms with E-state index in [4.69, 9.17) is 5.11 Å². The van der Waals surface area contributed by atoms with E-state index in [1.807, 2.05) is 0 Å². The van der Waals surface area contributed by atoms with Gasteiger partial charge in [-0.05, 0) is 6.42 Å². The summed E-state index contributed by atoms with van der Waals surface area (Å²) in [6.07, 6.45) is -3.98. The molecule has 0 aliphatic carbocycles. The van der Waals surface area contributed by atoms with Gasteiger partial charge in [-0.2, -0.15) is 13.2 Å². The Kier molecular flexibility index (Phi) is 3.64. The molecule has 1 aromatic rings. The van der Waals surface area contributed by atoms with E-state index >= 15 is 0 Å². The Morgan fingerprint density at radius 2 is 2.07 bits per heavy atom. The van der Waals surface area contributed by atoms with Gasteiger partial charge < -0.3 is 10.4 Å². The maximum Gasteiger partial charge on any atom is 0.445 e. The number of aliphatic hydroxyl groups excluding tert-OH is 1. The quantitative estimate of drug-likeness (QED) is 0.762. The molecule has 0 fully saturated rings. The van der Waals surface area contributed by atoms with Crippen LogP contribution < -0.4 is 5.32 Å². The molecule has 0 atom stereocenters. The smallest absolute Gasteiger partial charge is 0.396 e. The molecule has 0 saturated carbocycles. The summed E-state index contributed by atoms with van der Waals surface area (Å²) in [6, 6.07) is 0. The molecule has 0 radical (unpaired) electrons. The Labute approximate surface area is 81.8 Å². The van der Waals surface area contributed by atoms with Crippen molar-refractivity contribution in [3.05, 3.63) is 5.01 Å². The minimum atomic E-state index is -4.44. The Balaban J connectivity index is 2.51. The highest BCUT2D eigenvalue weighted by atomic mass is 32.1. The van der Waals surface area contributed by atoms with Gasteiger partial charge >= 0.3 is 6.18 Å². The number of aromatic nitrogens is 2. The maximum atomic E-state index is 12.0. The van der Waals surface area contributed by atoms with Gasteiger partial charge in [0, 0.05) is 13.2 Å². The molecular weight excluding hydrogens is 219 g/mol. The lowest BCUT2D eigenvalue weighted by atomic mass is 10.5. The minimum absolute atomic E-state index is 0.0159. The first kappa shape index (κ1) is 11.2. The molecule has 0 saturated heterocycles. The van der Waals surface area contributed by atoms with Gasteiger partial charge in [-0.1, -0.05) is 11.3 Å². The SMILES string of the molecule is OCCCNc1nnc(C(F)(F)F)s1. The molecule has 0 spiro atoms. The van der Waals surface area contributed by atoms with Crippen LogP contribution in [0.25, 0.3) is 0 Å². The number of nitrogens with one attached hydrogen (secondary N) is 1. The first-order valence-electron chi connectivity index (χ1n) is 3.79. The van der Waals surface area contributed by atoms with Crippen molar-refractivity contribution in [1.29, 1.82) is 0 Å². The highest BCUT2D eigenvalue weighted by Gasteiger charge is 2.35. The normalized spacial score (nSPS) is 11.7. The van der Waals surface area contributed by atoms with Gasteiger partial charge in [0.25, 0.3) is 0 Å².